The van der Waals surface area contributed by atoms with Crippen LogP contribution in [0.2, 0.25) is 0 Å². The Hall–Kier alpha value is -1.41. The molecule has 23 heavy (non-hydrogen) atoms. The van der Waals surface area contributed by atoms with E-state index in [1.165, 1.54) is 6.07 Å². The van der Waals surface area contributed by atoms with Gasteiger partial charge in [0.2, 0.25) is 6.41 Å². The van der Waals surface area contributed by atoms with Gasteiger partial charge in [0, 0.05) is 25.3 Å². The Morgan fingerprint density at radius 1 is 1.17 bits per heavy atom. The lowest BCUT2D eigenvalue weighted by molar-refractivity contribution is -0.0855. The minimum absolute atomic E-state index is 0.215. The van der Waals surface area contributed by atoms with E-state index in [2.05, 4.69) is 4.90 Å². The summed E-state index contributed by atoms with van der Waals surface area (Å²) in [5.41, 5.74) is 6.76. The molecular formula is C16H22FN3O3. The third kappa shape index (κ3) is 2.78. The number of aliphatic hydroxyl groups excluding tert-OH is 1. The van der Waals surface area contributed by atoms with Crippen LogP contribution in [0.3, 0.4) is 0 Å². The van der Waals surface area contributed by atoms with Crippen LogP contribution >= 0.6 is 0 Å². The van der Waals surface area contributed by atoms with Gasteiger partial charge in [0.15, 0.2) is 0 Å². The molecule has 0 amide bonds. The topological polar surface area (TPSA) is 71.2 Å². The molecule has 2 bridgehead atoms. The first-order valence-corrected chi connectivity index (χ1v) is 8.14. The molecule has 6 nitrogen and oxygen atoms in total. The Balaban J connectivity index is 1.53. The van der Waals surface area contributed by atoms with E-state index in [9.17, 15) is 9.50 Å². The molecular weight excluding hydrogens is 301 g/mol. The van der Waals surface area contributed by atoms with Crippen LogP contribution in [0.5, 0.6) is 0 Å². The van der Waals surface area contributed by atoms with Crippen LogP contribution in [-0.4, -0.2) is 56.0 Å². The molecule has 3 fully saturated rings. The summed E-state index contributed by atoms with van der Waals surface area (Å²) in [6.45, 7) is 2.25. The Morgan fingerprint density at radius 3 is 2.52 bits per heavy atom. The average Bonchev–Trinajstić information content (AvgIpc) is 3.09. The highest BCUT2D eigenvalue weighted by Gasteiger charge is 2.35. The van der Waals surface area contributed by atoms with Gasteiger partial charge in [-0.05, 0) is 31.0 Å². The number of fused-ring (bicyclic) bond motifs is 2. The van der Waals surface area contributed by atoms with E-state index in [1.54, 1.807) is 11.0 Å². The number of halogens is 1. The van der Waals surface area contributed by atoms with Gasteiger partial charge in [-0.25, -0.2) is 4.39 Å². The van der Waals surface area contributed by atoms with E-state index in [-0.39, 0.29) is 24.1 Å². The van der Waals surface area contributed by atoms with Crippen LogP contribution in [-0.2, 0) is 9.47 Å². The largest absolute Gasteiger partial charge is 0.371 e. The predicted molar refractivity (Wildman–Crippen MR) is 83.8 cm³/mol. The number of anilines is 2. The van der Waals surface area contributed by atoms with Crippen molar-refractivity contribution in [1.29, 1.82) is 0 Å². The first kappa shape index (κ1) is 15.1. The maximum Gasteiger partial charge on any atom is 0.238 e. The fraction of sp³-hybridized carbons (Fsp3) is 0.625. The summed E-state index contributed by atoms with van der Waals surface area (Å²) in [4.78, 5) is 3.68. The number of morpholine rings is 1. The SMILES string of the molecule is NC[C@H]1CN(c2ccc(N3CC4CCC(C3)O4)c(F)c2)C(O)O1. The zero-order valence-electron chi connectivity index (χ0n) is 12.9. The molecule has 0 spiro atoms. The van der Waals surface area contributed by atoms with Crippen molar-refractivity contribution in [2.24, 2.45) is 5.73 Å². The van der Waals surface area contributed by atoms with E-state index in [0.717, 1.165) is 25.9 Å². The van der Waals surface area contributed by atoms with Gasteiger partial charge >= 0.3 is 0 Å². The molecule has 3 heterocycles. The van der Waals surface area contributed by atoms with Gasteiger partial charge in [-0.2, -0.15) is 0 Å². The highest BCUT2D eigenvalue weighted by Crippen LogP contribution is 2.33. The van der Waals surface area contributed by atoms with Crippen molar-refractivity contribution in [2.45, 2.75) is 37.6 Å². The number of rotatable bonds is 3. The van der Waals surface area contributed by atoms with Crippen LogP contribution in [0.15, 0.2) is 18.2 Å². The second kappa shape index (κ2) is 5.90. The molecule has 1 aromatic carbocycles. The van der Waals surface area contributed by atoms with E-state index < -0.39 is 6.41 Å². The monoisotopic (exact) mass is 323 g/mol. The standard InChI is InChI=1S/C16H22FN3O3/c17-14-5-10(20-9-13(6-18)23-16(20)21)1-4-15(14)19-7-11-2-3-12(8-19)22-11/h1,4-5,11-13,16,21H,2-3,6-9,18H2/t11?,12?,13-,16?/m0/s1. The van der Waals surface area contributed by atoms with Crippen molar-refractivity contribution in [2.75, 3.05) is 36.0 Å². The lowest BCUT2D eigenvalue weighted by atomic mass is 10.2. The van der Waals surface area contributed by atoms with Crippen molar-refractivity contribution < 1.29 is 19.0 Å². The molecule has 3 N–H and O–H groups in total. The fourth-order valence-electron chi connectivity index (χ4n) is 3.70. The van der Waals surface area contributed by atoms with Crippen molar-refractivity contribution >= 4 is 11.4 Å². The summed E-state index contributed by atoms with van der Waals surface area (Å²) in [6.07, 6.45) is 1.23. The minimum atomic E-state index is -1.08. The summed E-state index contributed by atoms with van der Waals surface area (Å²) in [6, 6.07) is 5.05. The third-order valence-electron chi connectivity index (χ3n) is 4.89. The third-order valence-corrected chi connectivity index (χ3v) is 4.89. The second-order valence-electron chi connectivity index (χ2n) is 6.47. The Bertz CT molecular complexity index is 576. The predicted octanol–water partition coefficient (Wildman–Crippen LogP) is 0.633. The minimum Gasteiger partial charge on any atom is -0.371 e. The van der Waals surface area contributed by atoms with Crippen molar-refractivity contribution in [3.63, 3.8) is 0 Å². The van der Waals surface area contributed by atoms with E-state index in [4.69, 9.17) is 15.2 Å². The van der Waals surface area contributed by atoms with Crippen molar-refractivity contribution in [1.82, 2.24) is 0 Å². The number of ether oxygens (including phenoxy) is 2. The quantitative estimate of drug-likeness (QED) is 0.850. The molecule has 0 aromatic heterocycles. The first-order valence-electron chi connectivity index (χ1n) is 8.14. The fourth-order valence-corrected chi connectivity index (χ4v) is 3.70. The van der Waals surface area contributed by atoms with Gasteiger partial charge in [-0.15, -0.1) is 0 Å². The van der Waals surface area contributed by atoms with Crippen LogP contribution in [0.1, 0.15) is 12.8 Å². The smallest absolute Gasteiger partial charge is 0.238 e. The van der Waals surface area contributed by atoms with E-state index >= 15 is 0 Å². The number of nitrogens with two attached hydrogens (primary N) is 1. The maximum absolute atomic E-state index is 14.6. The van der Waals surface area contributed by atoms with Crippen LogP contribution < -0.4 is 15.5 Å². The highest BCUT2D eigenvalue weighted by atomic mass is 19.1. The van der Waals surface area contributed by atoms with Gasteiger partial charge in [0.25, 0.3) is 0 Å². The second-order valence-corrected chi connectivity index (χ2v) is 6.47. The van der Waals surface area contributed by atoms with Crippen LogP contribution in [0.25, 0.3) is 0 Å². The molecule has 3 unspecified atom stereocenters. The molecule has 1 aromatic rings. The van der Waals surface area contributed by atoms with E-state index in [0.29, 0.717) is 24.5 Å². The van der Waals surface area contributed by atoms with Gasteiger partial charge in [0.1, 0.15) is 5.82 Å². The van der Waals surface area contributed by atoms with Crippen molar-refractivity contribution in [3.05, 3.63) is 24.0 Å². The Morgan fingerprint density at radius 2 is 1.91 bits per heavy atom. The lowest BCUT2D eigenvalue weighted by Gasteiger charge is -2.34. The molecule has 0 radical (unpaired) electrons. The van der Waals surface area contributed by atoms with Gasteiger partial charge in [-0.3, -0.25) is 0 Å². The van der Waals surface area contributed by atoms with Gasteiger partial charge < -0.3 is 30.1 Å². The van der Waals surface area contributed by atoms with Crippen molar-refractivity contribution in [3.8, 4) is 0 Å². The summed E-state index contributed by atoms with van der Waals surface area (Å²) in [5, 5.41) is 9.93. The number of hydrogen-bond donors (Lipinski definition) is 2. The molecule has 3 aliphatic rings. The molecule has 0 saturated carbocycles. The molecule has 3 saturated heterocycles. The molecule has 7 heteroatoms. The average molecular weight is 323 g/mol. The highest BCUT2D eigenvalue weighted by molar-refractivity contribution is 5.58. The Kier molecular flexibility index (Phi) is 3.88. The number of nitrogens with zero attached hydrogens (tertiary/aromatic N) is 2. The maximum atomic E-state index is 14.6. The zero-order valence-corrected chi connectivity index (χ0v) is 12.9. The van der Waals surface area contributed by atoms with Crippen LogP contribution in [0, 0.1) is 5.82 Å². The molecule has 126 valence electrons. The summed E-state index contributed by atoms with van der Waals surface area (Å²) in [5.74, 6) is -0.285. The zero-order chi connectivity index (χ0) is 16.0. The first-order chi connectivity index (χ1) is 11.1. The molecule has 0 aliphatic carbocycles. The summed E-state index contributed by atoms with van der Waals surface area (Å²) in [7, 11) is 0. The Labute approximate surface area is 134 Å². The number of aliphatic hydroxyl groups is 1. The lowest BCUT2D eigenvalue weighted by Crippen LogP contribution is -2.43. The number of hydrogen-bond acceptors (Lipinski definition) is 6. The summed E-state index contributed by atoms with van der Waals surface area (Å²) >= 11 is 0. The normalized spacial score (nSPS) is 33.5. The summed E-state index contributed by atoms with van der Waals surface area (Å²) < 4.78 is 25.7. The molecule has 3 aliphatic heterocycles. The van der Waals surface area contributed by atoms with Gasteiger partial charge in [-0.1, -0.05) is 0 Å². The van der Waals surface area contributed by atoms with Gasteiger partial charge in [0.05, 0.1) is 30.5 Å². The number of benzene rings is 1. The van der Waals surface area contributed by atoms with E-state index in [1.807, 2.05) is 6.07 Å². The molecule has 4 atom stereocenters. The molecule has 4 rings (SSSR count). The van der Waals surface area contributed by atoms with Crippen LogP contribution in [0.4, 0.5) is 15.8 Å².